The lowest BCUT2D eigenvalue weighted by Gasteiger charge is -2.45. The Morgan fingerprint density at radius 2 is 2.00 bits per heavy atom. The fourth-order valence-corrected chi connectivity index (χ4v) is 2.60. The number of piperazine rings is 1. The fraction of sp³-hybridized carbons (Fsp3) is 0.562. The third-order valence-electron chi connectivity index (χ3n) is 4.13. The summed E-state index contributed by atoms with van der Waals surface area (Å²) in [7, 11) is 2.12. The Morgan fingerprint density at radius 3 is 2.65 bits per heavy atom. The molecule has 1 aromatic rings. The lowest BCUT2D eigenvalue weighted by Crippen LogP contribution is -2.58. The molecular formula is C16H25N3O. The van der Waals surface area contributed by atoms with Crippen molar-refractivity contribution in [3.05, 3.63) is 29.8 Å². The minimum Gasteiger partial charge on any atom is -0.385 e. The van der Waals surface area contributed by atoms with Gasteiger partial charge in [-0.15, -0.1) is 0 Å². The van der Waals surface area contributed by atoms with Crippen LogP contribution in [0.3, 0.4) is 0 Å². The molecule has 1 amide bonds. The summed E-state index contributed by atoms with van der Waals surface area (Å²) in [4.78, 5) is 17.0. The summed E-state index contributed by atoms with van der Waals surface area (Å²) in [6, 6.07) is 7.77. The van der Waals surface area contributed by atoms with Crippen molar-refractivity contribution in [1.29, 1.82) is 0 Å². The average molecular weight is 275 g/mol. The molecule has 0 unspecified atom stereocenters. The van der Waals surface area contributed by atoms with E-state index in [4.69, 9.17) is 0 Å². The molecule has 4 heteroatoms. The summed E-state index contributed by atoms with van der Waals surface area (Å²) >= 11 is 0. The number of rotatable bonds is 3. The highest BCUT2D eigenvalue weighted by Crippen LogP contribution is 2.23. The molecule has 0 saturated carbocycles. The molecule has 0 radical (unpaired) electrons. The number of hydrogen-bond acceptors (Lipinski definition) is 3. The molecule has 0 aliphatic carbocycles. The highest BCUT2D eigenvalue weighted by Gasteiger charge is 2.33. The molecule has 0 aromatic heterocycles. The van der Waals surface area contributed by atoms with Gasteiger partial charge in [0.25, 0.3) is 5.91 Å². The molecule has 0 spiro atoms. The molecule has 1 heterocycles. The van der Waals surface area contributed by atoms with Crippen LogP contribution in [-0.2, 0) is 0 Å². The van der Waals surface area contributed by atoms with E-state index in [0.29, 0.717) is 0 Å². The maximum absolute atomic E-state index is 12.8. The normalized spacial score (nSPS) is 18.9. The number of anilines is 1. The van der Waals surface area contributed by atoms with Gasteiger partial charge in [-0.05, 0) is 40.0 Å². The van der Waals surface area contributed by atoms with Crippen molar-refractivity contribution in [3.63, 3.8) is 0 Å². The van der Waals surface area contributed by atoms with Gasteiger partial charge in [-0.3, -0.25) is 9.69 Å². The molecule has 2 rings (SSSR count). The van der Waals surface area contributed by atoms with E-state index in [-0.39, 0.29) is 11.4 Å². The summed E-state index contributed by atoms with van der Waals surface area (Å²) < 4.78 is 0. The van der Waals surface area contributed by atoms with Crippen LogP contribution in [0.4, 0.5) is 5.69 Å². The first kappa shape index (κ1) is 14.9. The van der Waals surface area contributed by atoms with Crippen molar-refractivity contribution in [1.82, 2.24) is 9.80 Å². The molecule has 110 valence electrons. The number of carbonyl (C=O) groups is 1. The van der Waals surface area contributed by atoms with E-state index >= 15 is 0 Å². The summed E-state index contributed by atoms with van der Waals surface area (Å²) in [5, 5.41) is 3.27. The van der Waals surface area contributed by atoms with Crippen LogP contribution >= 0.6 is 0 Å². The van der Waals surface area contributed by atoms with Gasteiger partial charge in [-0.1, -0.05) is 12.1 Å². The van der Waals surface area contributed by atoms with E-state index in [9.17, 15) is 4.79 Å². The van der Waals surface area contributed by atoms with Crippen LogP contribution in [0.1, 0.15) is 31.1 Å². The first-order valence-electron chi connectivity index (χ1n) is 7.29. The van der Waals surface area contributed by atoms with Crippen molar-refractivity contribution in [2.24, 2.45) is 0 Å². The first-order chi connectivity index (χ1) is 9.45. The fourth-order valence-electron chi connectivity index (χ4n) is 2.60. The summed E-state index contributed by atoms with van der Waals surface area (Å²) in [5.74, 6) is 0.128. The predicted octanol–water partition coefficient (Wildman–Crippen LogP) is 2.28. The molecular weight excluding hydrogens is 250 g/mol. The van der Waals surface area contributed by atoms with E-state index in [2.05, 4.69) is 31.1 Å². The third kappa shape index (κ3) is 2.96. The molecule has 4 nitrogen and oxygen atoms in total. The van der Waals surface area contributed by atoms with Crippen LogP contribution in [-0.4, -0.2) is 54.5 Å². The van der Waals surface area contributed by atoms with Crippen molar-refractivity contribution < 1.29 is 4.79 Å². The minimum atomic E-state index is 0.0288. The summed E-state index contributed by atoms with van der Waals surface area (Å²) in [6.07, 6.45) is 0. The zero-order valence-corrected chi connectivity index (χ0v) is 12.9. The molecule has 1 saturated heterocycles. The largest absolute Gasteiger partial charge is 0.385 e. The second-order valence-electron chi connectivity index (χ2n) is 6.04. The van der Waals surface area contributed by atoms with Crippen LogP contribution in [0.25, 0.3) is 0 Å². The van der Waals surface area contributed by atoms with Gasteiger partial charge in [0.05, 0.1) is 5.56 Å². The van der Waals surface area contributed by atoms with Crippen molar-refractivity contribution >= 4 is 11.6 Å². The number of hydrogen-bond donors (Lipinski definition) is 1. The van der Waals surface area contributed by atoms with Gasteiger partial charge in [0.15, 0.2) is 0 Å². The Bertz CT molecular complexity index is 484. The van der Waals surface area contributed by atoms with E-state index < -0.39 is 0 Å². The van der Waals surface area contributed by atoms with Crippen LogP contribution in [0.2, 0.25) is 0 Å². The molecule has 1 aromatic carbocycles. The number of para-hydroxylation sites is 1. The lowest BCUT2D eigenvalue weighted by molar-refractivity contribution is 0.0312. The van der Waals surface area contributed by atoms with Gasteiger partial charge in [-0.2, -0.15) is 0 Å². The maximum atomic E-state index is 12.8. The number of carbonyl (C=O) groups excluding carboxylic acids is 1. The molecule has 1 aliphatic heterocycles. The number of nitrogens with zero attached hydrogens (tertiary/aromatic N) is 2. The van der Waals surface area contributed by atoms with Crippen LogP contribution < -0.4 is 5.32 Å². The Kier molecular flexibility index (Phi) is 4.33. The van der Waals surface area contributed by atoms with Crippen molar-refractivity contribution in [2.45, 2.75) is 26.3 Å². The van der Waals surface area contributed by atoms with Gasteiger partial charge in [0.1, 0.15) is 0 Å². The molecule has 20 heavy (non-hydrogen) atoms. The van der Waals surface area contributed by atoms with E-state index in [1.54, 1.807) is 0 Å². The molecule has 0 atom stereocenters. The second kappa shape index (κ2) is 5.83. The third-order valence-corrected chi connectivity index (χ3v) is 4.13. The monoisotopic (exact) mass is 275 g/mol. The van der Waals surface area contributed by atoms with Gasteiger partial charge in [0, 0.05) is 37.4 Å². The Hall–Kier alpha value is -1.55. The summed E-state index contributed by atoms with van der Waals surface area (Å²) in [6.45, 7) is 9.70. The number of likely N-dealkylation sites (N-methyl/N-ethyl adjacent to an activating group) is 1. The smallest absolute Gasteiger partial charge is 0.256 e. The van der Waals surface area contributed by atoms with Gasteiger partial charge < -0.3 is 10.2 Å². The van der Waals surface area contributed by atoms with E-state index in [1.807, 2.05) is 36.1 Å². The van der Waals surface area contributed by atoms with E-state index in [1.165, 1.54) is 0 Å². The zero-order valence-electron chi connectivity index (χ0n) is 12.9. The lowest BCUT2D eigenvalue weighted by atomic mass is 9.99. The Balaban J connectivity index is 2.20. The van der Waals surface area contributed by atoms with Gasteiger partial charge >= 0.3 is 0 Å². The standard InChI is InChI=1S/C16H25N3O/c1-5-17-14-9-7-6-8-13(14)15(20)19-11-10-18(4)16(2,3)12-19/h6-9,17H,5,10-12H2,1-4H3. The highest BCUT2D eigenvalue weighted by molar-refractivity contribution is 5.99. The van der Waals surface area contributed by atoms with Crippen molar-refractivity contribution in [2.75, 3.05) is 38.5 Å². The molecule has 1 fully saturated rings. The van der Waals surface area contributed by atoms with Gasteiger partial charge in [0.2, 0.25) is 0 Å². The Labute approximate surface area is 121 Å². The minimum absolute atomic E-state index is 0.0288. The summed E-state index contributed by atoms with van der Waals surface area (Å²) in [5.41, 5.74) is 1.73. The first-order valence-corrected chi connectivity index (χ1v) is 7.29. The quantitative estimate of drug-likeness (QED) is 0.919. The molecule has 1 N–H and O–H groups in total. The number of nitrogens with one attached hydrogen (secondary N) is 1. The number of benzene rings is 1. The molecule has 0 bridgehead atoms. The predicted molar refractivity (Wildman–Crippen MR) is 83.2 cm³/mol. The van der Waals surface area contributed by atoms with E-state index in [0.717, 1.165) is 37.4 Å². The Morgan fingerprint density at radius 1 is 1.30 bits per heavy atom. The SMILES string of the molecule is CCNc1ccccc1C(=O)N1CCN(C)C(C)(C)C1. The van der Waals surface area contributed by atoms with Gasteiger partial charge in [-0.25, -0.2) is 0 Å². The topological polar surface area (TPSA) is 35.6 Å². The highest BCUT2D eigenvalue weighted by atomic mass is 16.2. The van der Waals surface area contributed by atoms with Crippen LogP contribution in [0.5, 0.6) is 0 Å². The number of amides is 1. The van der Waals surface area contributed by atoms with Crippen molar-refractivity contribution in [3.8, 4) is 0 Å². The van der Waals surface area contributed by atoms with Crippen LogP contribution in [0, 0.1) is 0 Å². The second-order valence-corrected chi connectivity index (χ2v) is 6.04. The molecule has 1 aliphatic rings. The maximum Gasteiger partial charge on any atom is 0.256 e. The zero-order chi connectivity index (χ0) is 14.8. The average Bonchev–Trinajstić information content (AvgIpc) is 2.42. The van der Waals surface area contributed by atoms with Crippen LogP contribution in [0.15, 0.2) is 24.3 Å².